The van der Waals surface area contributed by atoms with Gasteiger partial charge in [-0.25, -0.2) is 0 Å². The standard InChI is InChI=1S/C10H20N2O4/c1-7(2)4-12-9(13)5-11-8(6-16-3)10(14)15/h7-8,11H,4-6H2,1-3H3,(H,12,13)(H,14,15). The summed E-state index contributed by atoms with van der Waals surface area (Å²) in [6.07, 6.45) is 0. The Morgan fingerprint density at radius 2 is 2.00 bits per heavy atom. The van der Waals surface area contributed by atoms with E-state index in [0.29, 0.717) is 12.5 Å². The number of carbonyl (C=O) groups is 2. The molecule has 0 rings (SSSR count). The van der Waals surface area contributed by atoms with Crippen LogP contribution in [0.4, 0.5) is 0 Å². The van der Waals surface area contributed by atoms with Gasteiger partial charge in [0.05, 0.1) is 13.2 Å². The van der Waals surface area contributed by atoms with Gasteiger partial charge in [0.15, 0.2) is 0 Å². The molecule has 1 unspecified atom stereocenters. The minimum absolute atomic E-state index is 0.0208. The topological polar surface area (TPSA) is 87.7 Å². The van der Waals surface area contributed by atoms with Crippen molar-refractivity contribution in [2.75, 3.05) is 26.8 Å². The second-order valence-electron chi connectivity index (χ2n) is 3.92. The Bertz CT molecular complexity index is 231. The normalized spacial score (nSPS) is 12.5. The van der Waals surface area contributed by atoms with E-state index < -0.39 is 12.0 Å². The summed E-state index contributed by atoms with van der Waals surface area (Å²) in [6, 6.07) is -0.852. The number of ether oxygens (including phenoxy) is 1. The van der Waals surface area contributed by atoms with Crippen molar-refractivity contribution in [3.05, 3.63) is 0 Å². The number of hydrogen-bond acceptors (Lipinski definition) is 4. The van der Waals surface area contributed by atoms with Crippen molar-refractivity contribution in [1.82, 2.24) is 10.6 Å². The summed E-state index contributed by atoms with van der Waals surface area (Å²) in [7, 11) is 1.41. The van der Waals surface area contributed by atoms with E-state index in [-0.39, 0.29) is 19.1 Å². The molecule has 0 saturated carbocycles. The van der Waals surface area contributed by atoms with Gasteiger partial charge in [-0.15, -0.1) is 0 Å². The van der Waals surface area contributed by atoms with Gasteiger partial charge in [-0.05, 0) is 5.92 Å². The van der Waals surface area contributed by atoms with E-state index >= 15 is 0 Å². The predicted molar refractivity (Wildman–Crippen MR) is 59.2 cm³/mol. The summed E-state index contributed by atoms with van der Waals surface area (Å²) in [6.45, 7) is 4.57. The van der Waals surface area contributed by atoms with Gasteiger partial charge in [-0.2, -0.15) is 0 Å². The van der Waals surface area contributed by atoms with E-state index in [4.69, 9.17) is 9.84 Å². The Morgan fingerprint density at radius 3 is 2.44 bits per heavy atom. The number of amides is 1. The molecule has 6 nitrogen and oxygen atoms in total. The van der Waals surface area contributed by atoms with E-state index in [1.807, 2.05) is 13.8 Å². The zero-order valence-electron chi connectivity index (χ0n) is 9.95. The van der Waals surface area contributed by atoms with Crippen molar-refractivity contribution in [2.45, 2.75) is 19.9 Å². The van der Waals surface area contributed by atoms with Gasteiger partial charge in [0.25, 0.3) is 0 Å². The first-order chi connectivity index (χ1) is 7.47. The fourth-order valence-corrected chi connectivity index (χ4v) is 0.981. The molecular weight excluding hydrogens is 212 g/mol. The van der Waals surface area contributed by atoms with Gasteiger partial charge >= 0.3 is 5.97 Å². The number of carboxylic acid groups (broad SMARTS) is 1. The summed E-state index contributed by atoms with van der Waals surface area (Å²) in [5, 5.41) is 14.1. The van der Waals surface area contributed by atoms with Crippen molar-refractivity contribution >= 4 is 11.9 Å². The van der Waals surface area contributed by atoms with Crippen LogP contribution in [0, 0.1) is 5.92 Å². The summed E-state index contributed by atoms with van der Waals surface area (Å²) in [5.41, 5.74) is 0. The SMILES string of the molecule is COCC(NCC(=O)NCC(C)C)C(=O)O. The molecule has 0 radical (unpaired) electrons. The molecule has 1 atom stereocenters. The summed E-state index contributed by atoms with van der Waals surface area (Å²) >= 11 is 0. The van der Waals surface area contributed by atoms with E-state index in [1.165, 1.54) is 7.11 Å². The molecule has 94 valence electrons. The van der Waals surface area contributed by atoms with Crippen LogP contribution in [0.5, 0.6) is 0 Å². The van der Waals surface area contributed by atoms with E-state index in [0.717, 1.165) is 0 Å². The average Bonchev–Trinajstić information content (AvgIpc) is 2.20. The minimum Gasteiger partial charge on any atom is -0.480 e. The maximum absolute atomic E-state index is 11.3. The van der Waals surface area contributed by atoms with Crippen LogP contribution in [0.15, 0.2) is 0 Å². The summed E-state index contributed by atoms with van der Waals surface area (Å²) in [5.74, 6) is -0.868. The molecule has 0 bridgehead atoms. The lowest BCUT2D eigenvalue weighted by Gasteiger charge is -2.13. The van der Waals surface area contributed by atoms with Gasteiger partial charge in [0.2, 0.25) is 5.91 Å². The Kier molecular flexibility index (Phi) is 7.49. The lowest BCUT2D eigenvalue weighted by Crippen LogP contribution is -2.45. The quantitative estimate of drug-likeness (QED) is 0.522. The summed E-state index contributed by atoms with van der Waals surface area (Å²) < 4.78 is 4.72. The third kappa shape index (κ3) is 7.19. The zero-order valence-corrected chi connectivity index (χ0v) is 9.95. The molecule has 0 saturated heterocycles. The fourth-order valence-electron chi connectivity index (χ4n) is 0.981. The minimum atomic E-state index is -1.03. The average molecular weight is 232 g/mol. The molecule has 0 aromatic carbocycles. The lowest BCUT2D eigenvalue weighted by molar-refractivity contribution is -0.140. The van der Waals surface area contributed by atoms with Crippen LogP contribution in [-0.4, -0.2) is 49.8 Å². The molecular formula is C10H20N2O4. The van der Waals surface area contributed by atoms with Crippen molar-refractivity contribution in [3.8, 4) is 0 Å². The molecule has 0 aliphatic carbocycles. The molecule has 3 N–H and O–H groups in total. The molecule has 6 heteroatoms. The highest BCUT2D eigenvalue weighted by molar-refractivity contribution is 5.79. The third-order valence-corrected chi connectivity index (χ3v) is 1.85. The monoisotopic (exact) mass is 232 g/mol. The fraction of sp³-hybridized carbons (Fsp3) is 0.800. The highest BCUT2D eigenvalue weighted by atomic mass is 16.5. The second kappa shape index (κ2) is 8.06. The van der Waals surface area contributed by atoms with Crippen molar-refractivity contribution < 1.29 is 19.4 Å². The van der Waals surface area contributed by atoms with Crippen molar-refractivity contribution in [3.63, 3.8) is 0 Å². The van der Waals surface area contributed by atoms with Crippen LogP contribution in [-0.2, 0) is 14.3 Å². The molecule has 0 spiro atoms. The predicted octanol–water partition coefficient (Wildman–Crippen LogP) is -0.552. The van der Waals surface area contributed by atoms with Gasteiger partial charge in [-0.3, -0.25) is 14.9 Å². The number of carboxylic acids is 1. The first kappa shape index (κ1) is 14.9. The maximum Gasteiger partial charge on any atom is 0.323 e. The van der Waals surface area contributed by atoms with E-state index in [2.05, 4.69) is 10.6 Å². The molecule has 0 aromatic rings. The largest absolute Gasteiger partial charge is 0.480 e. The Labute approximate surface area is 95.4 Å². The number of rotatable bonds is 8. The number of carbonyl (C=O) groups excluding carboxylic acids is 1. The first-order valence-corrected chi connectivity index (χ1v) is 5.19. The Hall–Kier alpha value is -1.14. The molecule has 16 heavy (non-hydrogen) atoms. The summed E-state index contributed by atoms with van der Waals surface area (Å²) in [4.78, 5) is 22.0. The van der Waals surface area contributed by atoms with Crippen LogP contribution in [0.25, 0.3) is 0 Å². The number of aliphatic carboxylic acids is 1. The van der Waals surface area contributed by atoms with E-state index in [9.17, 15) is 9.59 Å². The van der Waals surface area contributed by atoms with Gasteiger partial charge in [0, 0.05) is 13.7 Å². The molecule has 0 heterocycles. The van der Waals surface area contributed by atoms with Crippen molar-refractivity contribution in [2.24, 2.45) is 5.92 Å². The Morgan fingerprint density at radius 1 is 1.38 bits per heavy atom. The first-order valence-electron chi connectivity index (χ1n) is 5.19. The van der Waals surface area contributed by atoms with Crippen molar-refractivity contribution in [1.29, 1.82) is 0 Å². The second-order valence-corrected chi connectivity index (χ2v) is 3.92. The van der Waals surface area contributed by atoms with Crippen LogP contribution in [0.2, 0.25) is 0 Å². The van der Waals surface area contributed by atoms with Gasteiger partial charge in [-0.1, -0.05) is 13.8 Å². The van der Waals surface area contributed by atoms with Crippen LogP contribution >= 0.6 is 0 Å². The van der Waals surface area contributed by atoms with Gasteiger partial charge < -0.3 is 15.2 Å². The highest BCUT2D eigenvalue weighted by Gasteiger charge is 2.17. The van der Waals surface area contributed by atoms with Gasteiger partial charge in [0.1, 0.15) is 6.04 Å². The highest BCUT2D eigenvalue weighted by Crippen LogP contribution is 1.87. The molecule has 0 fully saturated rings. The number of nitrogens with one attached hydrogen (secondary N) is 2. The number of hydrogen-bond donors (Lipinski definition) is 3. The number of methoxy groups -OCH3 is 1. The van der Waals surface area contributed by atoms with Crippen LogP contribution in [0.1, 0.15) is 13.8 Å². The maximum atomic E-state index is 11.3. The molecule has 0 aromatic heterocycles. The van der Waals surface area contributed by atoms with Crippen LogP contribution < -0.4 is 10.6 Å². The van der Waals surface area contributed by atoms with Crippen LogP contribution in [0.3, 0.4) is 0 Å². The molecule has 0 aliphatic rings. The third-order valence-electron chi connectivity index (χ3n) is 1.85. The lowest BCUT2D eigenvalue weighted by atomic mass is 10.2. The molecule has 1 amide bonds. The van der Waals surface area contributed by atoms with E-state index in [1.54, 1.807) is 0 Å². The Balaban J connectivity index is 3.82. The zero-order chi connectivity index (χ0) is 12.6. The smallest absolute Gasteiger partial charge is 0.323 e. The molecule has 0 aliphatic heterocycles.